The molecule has 1 saturated carbocycles. The van der Waals surface area contributed by atoms with Crippen molar-refractivity contribution in [3.63, 3.8) is 0 Å². The molecule has 0 N–H and O–H groups in total. The molecule has 0 radical (unpaired) electrons. The molecule has 1 aliphatic rings. The smallest absolute Gasteiger partial charge is 0.0819 e. The minimum absolute atomic E-state index is 0.678. The van der Waals surface area contributed by atoms with Crippen LogP contribution in [0.5, 0.6) is 0 Å². The molecule has 0 aliphatic heterocycles. The summed E-state index contributed by atoms with van der Waals surface area (Å²) in [6, 6.07) is 0. The maximum atomic E-state index is 5.09. The van der Waals surface area contributed by atoms with Crippen molar-refractivity contribution in [2.75, 3.05) is 7.11 Å². The van der Waals surface area contributed by atoms with E-state index in [1.807, 2.05) is 6.26 Å². The van der Waals surface area contributed by atoms with Crippen LogP contribution in [0.2, 0.25) is 0 Å². The van der Waals surface area contributed by atoms with Crippen LogP contribution in [-0.2, 0) is 4.74 Å². The van der Waals surface area contributed by atoms with Gasteiger partial charge >= 0.3 is 0 Å². The minimum Gasteiger partial charge on any atom is -0.504 e. The molecule has 74 valence electrons. The van der Waals surface area contributed by atoms with E-state index in [1.165, 1.54) is 24.0 Å². The molecule has 1 nitrogen and oxygen atoms in total. The highest BCUT2D eigenvalue weighted by Gasteiger charge is 2.22. The van der Waals surface area contributed by atoms with Gasteiger partial charge in [-0.1, -0.05) is 19.1 Å². The molecule has 1 rings (SSSR count). The summed E-state index contributed by atoms with van der Waals surface area (Å²) in [5.74, 6) is 1.37. The van der Waals surface area contributed by atoms with Crippen LogP contribution in [0.1, 0.15) is 33.1 Å². The van der Waals surface area contributed by atoms with E-state index >= 15 is 0 Å². The van der Waals surface area contributed by atoms with Crippen molar-refractivity contribution in [1.82, 2.24) is 0 Å². The lowest BCUT2D eigenvalue weighted by molar-refractivity contribution is 0.311. The zero-order chi connectivity index (χ0) is 9.84. The average molecular weight is 180 g/mol. The van der Waals surface area contributed by atoms with Gasteiger partial charge in [-0.3, -0.25) is 0 Å². The largest absolute Gasteiger partial charge is 0.504 e. The summed E-state index contributed by atoms with van der Waals surface area (Å²) in [5.41, 5.74) is 2.76. The number of hydrogen-bond acceptors (Lipinski definition) is 1. The molecular weight excluding hydrogens is 160 g/mol. The summed E-state index contributed by atoms with van der Waals surface area (Å²) < 4.78 is 5.09. The highest BCUT2D eigenvalue weighted by atomic mass is 16.5. The van der Waals surface area contributed by atoms with Crippen LogP contribution in [0.25, 0.3) is 0 Å². The van der Waals surface area contributed by atoms with E-state index < -0.39 is 0 Å². The second kappa shape index (κ2) is 4.50. The first-order valence-electron chi connectivity index (χ1n) is 5.02. The Bertz CT molecular complexity index is 215. The minimum atomic E-state index is 0.678. The van der Waals surface area contributed by atoms with Gasteiger partial charge in [0.15, 0.2) is 0 Å². The van der Waals surface area contributed by atoms with Gasteiger partial charge in [-0.25, -0.2) is 0 Å². The number of allylic oxidation sites excluding steroid dienone is 2. The fraction of sp³-hybridized carbons (Fsp3) is 0.667. The van der Waals surface area contributed by atoms with E-state index in [0.717, 1.165) is 6.42 Å². The third-order valence-electron chi connectivity index (χ3n) is 3.03. The molecular formula is C12H20O. The Kier molecular flexibility index (Phi) is 3.58. The lowest BCUT2D eigenvalue weighted by Gasteiger charge is -2.29. The SMILES string of the molecule is C=C(C)[C@@H]1CC[C@H](C)/C(=C\OC)C1. The maximum Gasteiger partial charge on any atom is 0.0819 e. The predicted octanol–water partition coefficient (Wildman–Crippen LogP) is 3.53. The van der Waals surface area contributed by atoms with Gasteiger partial charge in [-0.15, -0.1) is 0 Å². The summed E-state index contributed by atoms with van der Waals surface area (Å²) in [7, 11) is 1.73. The van der Waals surface area contributed by atoms with E-state index in [2.05, 4.69) is 20.4 Å². The third-order valence-corrected chi connectivity index (χ3v) is 3.03. The molecule has 13 heavy (non-hydrogen) atoms. The van der Waals surface area contributed by atoms with Crippen molar-refractivity contribution in [3.05, 3.63) is 24.0 Å². The summed E-state index contributed by atoms with van der Waals surface area (Å²) in [4.78, 5) is 0. The average Bonchev–Trinajstić information content (AvgIpc) is 2.08. The van der Waals surface area contributed by atoms with Crippen molar-refractivity contribution in [1.29, 1.82) is 0 Å². The van der Waals surface area contributed by atoms with Crippen molar-refractivity contribution in [2.24, 2.45) is 11.8 Å². The van der Waals surface area contributed by atoms with E-state index in [9.17, 15) is 0 Å². The monoisotopic (exact) mass is 180 g/mol. The highest BCUT2D eigenvalue weighted by Crippen LogP contribution is 2.36. The number of methoxy groups -OCH3 is 1. The molecule has 0 aromatic rings. The number of ether oxygens (including phenoxy) is 1. The Morgan fingerprint density at radius 1 is 1.54 bits per heavy atom. The Labute approximate surface area is 81.5 Å². The van der Waals surface area contributed by atoms with Crippen molar-refractivity contribution >= 4 is 0 Å². The van der Waals surface area contributed by atoms with Crippen molar-refractivity contribution in [2.45, 2.75) is 33.1 Å². The van der Waals surface area contributed by atoms with Crippen LogP contribution < -0.4 is 0 Å². The molecule has 2 atom stereocenters. The standard InChI is InChI=1S/C12H20O/c1-9(2)11-6-5-10(3)12(7-11)8-13-4/h8,10-11H,1,5-7H2,2-4H3/b12-8-/t10-,11+/m0/s1. The van der Waals surface area contributed by atoms with Crippen LogP contribution in [0.4, 0.5) is 0 Å². The van der Waals surface area contributed by atoms with Gasteiger partial charge in [0.1, 0.15) is 0 Å². The Hall–Kier alpha value is -0.720. The van der Waals surface area contributed by atoms with Crippen molar-refractivity contribution in [3.8, 4) is 0 Å². The van der Waals surface area contributed by atoms with Crippen LogP contribution in [0, 0.1) is 11.8 Å². The van der Waals surface area contributed by atoms with Gasteiger partial charge < -0.3 is 4.74 Å². The van der Waals surface area contributed by atoms with E-state index in [1.54, 1.807) is 7.11 Å². The number of rotatable bonds is 2. The summed E-state index contributed by atoms with van der Waals surface area (Å²) in [5, 5.41) is 0. The molecule has 0 unspecified atom stereocenters. The lowest BCUT2D eigenvalue weighted by Crippen LogP contribution is -2.16. The van der Waals surface area contributed by atoms with Gasteiger partial charge in [0.25, 0.3) is 0 Å². The zero-order valence-electron chi connectivity index (χ0n) is 8.97. The molecule has 1 heteroatoms. The summed E-state index contributed by atoms with van der Waals surface area (Å²) in [6.07, 6.45) is 5.62. The van der Waals surface area contributed by atoms with Gasteiger partial charge in [0.2, 0.25) is 0 Å². The van der Waals surface area contributed by atoms with Crippen molar-refractivity contribution < 1.29 is 4.74 Å². The first kappa shape index (κ1) is 10.4. The molecule has 0 heterocycles. The third kappa shape index (κ3) is 2.61. The van der Waals surface area contributed by atoms with Gasteiger partial charge in [-0.05, 0) is 43.6 Å². The fourth-order valence-corrected chi connectivity index (χ4v) is 1.96. The molecule has 0 saturated heterocycles. The number of hydrogen-bond donors (Lipinski definition) is 0. The molecule has 0 spiro atoms. The van der Waals surface area contributed by atoms with Crippen LogP contribution in [-0.4, -0.2) is 7.11 Å². The first-order valence-corrected chi connectivity index (χ1v) is 5.02. The summed E-state index contributed by atoms with van der Waals surface area (Å²) in [6.45, 7) is 8.44. The second-order valence-electron chi connectivity index (χ2n) is 4.15. The molecule has 1 aliphatic carbocycles. The fourth-order valence-electron chi connectivity index (χ4n) is 1.96. The maximum absolute atomic E-state index is 5.09. The molecule has 1 fully saturated rings. The second-order valence-corrected chi connectivity index (χ2v) is 4.15. The topological polar surface area (TPSA) is 9.23 Å². The molecule has 0 amide bonds. The Morgan fingerprint density at radius 2 is 2.23 bits per heavy atom. The highest BCUT2D eigenvalue weighted by molar-refractivity contribution is 5.12. The van der Waals surface area contributed by atoms with Gasteiger partial charge in [-0.2, -0.15) is 0 Å². The lowest BCUT2D eigenvalue weighted by atomic mass is 9.77. The zero-order valence-corrected chi connectivity index (χ0v) is 8.97. The van der Waals surface area contributed by atoms with Crippen LogP contribution >= 0.6 is 0 Å². The Morgan fingerprint density at radius 3 is 2.77 bits per heavy atom. The molecule has 0 aromatic heterocycles. The first-order chi connectivity index (χ1) is 6.15. The van der Waals surface area contributed by atoms with Gasteiger partial charge in [0.05, 0.1) is 13.4 Å². The Balaban J connectivity index is 2.63. The summed E-state index contributed by atoms with van der Waals surface area (Å²) >= 11 is 0. The van der Waals surface area contributed by atoms with Crippen LogP contribution in [0.15, 0.2) is 24.0 Å². The normalized spacial score (nSPS) is 31.8. The quantitative estimate of drug-likeness (QED) is 0.466. The predicted molar refractivity (Wildman–Crippen MR) is 56.4 cm³/mol. The van der Waals surface area contributed by atoms with Crippen LogP contribution in [0.3, 0.4) is 0 Å². The van der Waals surface area contributed by atoms with Gasteiger partial charge in [0, 0.05) is 0 Å². The van der Waals surface area contributed by atoms with E-state index in [4.69, 9.17) is 4.74 Å². The van der Waals surface area contributed by atoms with E-state index in [-0.39, 0.29) is 0 Å². The molecule has 0 aromatic carbocycles. The van der Waals surface area contributed by atoms with E-state index in [0.29, 0.717) is 11.8 Å². The molecule has 0 bridgehead atoms.